The van der Waals surface area contributed by atoms with E-state index in [1.165, 1.54) is 12.5 Å². The molecule has 1 N–H and O–H groups in total. The minimum atomic E-state index is -0.168. The van der Waals surface area contributed by atoms with Crippen molar-refractivity contribution in [3.05, 3.63) is 52.3 Å². The van der Waals surface area contributed by atoms with Gasteiger partial charge in [0, 0.05) is 29.7 Å². The van der Waals surface area contributed by atoms with Crippen LogP contribution in [0.3, 0.4) is 0 Å². The van der Waals surface area contributed by atoms with Crippen molar-refractivity contribution in [2.45, 2.75) is 38.6 Å². The molecule has 3 rings (SSSR count). The highest BCUT2D eigenvalue weighted by molar-refractivity contribution is 5.92. The summed E-state index contributed by atoms with van der Waals surface area (Å²) in [6, 6.07) is 9.79. The lowest BCUT2D eigenvalue weighted by molar-refractivity contribution is -0.129. The van der Waals surface area contributed by atoms with E-state index in [1.54, 1.807) is 6.08 Å². The van der Waals surface area contributed by atoms with E-state index >= 15 is 0 Å². The average molecular weight is 310 g/mol. The van der Waals surface area contributed by atoms with Crippen LogP contribution in [-0.4, -0.2) is 28.4 Å². The second-order valence-electron chi connectivity index (χ2n) is 6.06. The molecule has 1 aromatic carbocycles. The number of nitrogens with zero attached hydrogens (tertiary/aromatic N) is 1. The van der Waals surface area contributed by atoms with Crippen LogP contribution in [0.1, 0.15) is 38.2 Å². The van der Waals surface area contributed by atoms with Crippen molar-refractivity contribution in [2.75, 3.05) is 6.54 Å². The third kappa shape index (κ3) is 3.36. The summed E-state index contributed by atoms with van der Waals surface area (Å²) in [6.07, 6.45) is 7.48. The molecule has 1 saturated heterocycles. The lowest BCUT2D eigenvalue weighted by Gasteiger charge is -2.34. The van der Waals surface area contributed by atoms with E-state index in [2.05, 4.69) is 11.9 Å². The van der Waals surface area contributed by atoms with E-state index in [9.17, 15) is 9.59 Å². The van der Waals surface area contributed by atoms with Crippen molar-refractivity contribution in [3.63, 3.8) is 0 Å². The van der Waals surface area contributed by atoms with Crippen LogP contribution in [0.25, 0.3) is 17.0 Å². The van der Waals surface area contributed by atoms with Crippen molar-refractivity contribution in [2.24, 2.45) is 0 Å². The Morgan fingerprint density at radius 2 is 2.17 bits per heavy atom. The number of aromatic amines is 1. The van der Waals surface area contributed by atoms with Gasteiger partial charge in [0.15, 0.2) is 0 Å². The molecule has 1 atom stereocenters. The fraction of sp³-hybridized carbons (Fsp3) is 0.368. The molecule has 4 nitrogen and oxygen atoms in total. The van der Waals surface area contributed by atoms with Crippen LogP contribution in [0.15, 0.2) is 41.2 Å². The monoisotopic (exact) mass is 310 g/mol. The van der Waals surface area contributed by atoms with Crippen molar-refractivity contribution in [1.82, 2.24) is 9.88 Å². The number of para-hydroxylation sites is 1. The predicted octanol–water partition coefficient (Wildman–Crippen LogP) is 3.33. The van der Waals surface area contributed by atoms with Crippen molar-refractivity contribution in [3.8, 4) is 0 Å². The Morgan fingerprint density at radius 3 is 3.00 bits per heavy atom. The summed E-state index contributed by atoms with van der Waals surface area (Å²) in [5, 5.41) is 0.962. The lowest BCUT2D eigenvalue weighted by Crippen LogP contribution is -2.42. The zero-order chi connectivity index (χ0) is 16.2. The number of piperidine rings is 1. The molecule has 2 heterocycles. The Balaban J connectivity index is 1.83. The number of rotatable bonds is 3. The first kappa shape index (κ1) is 15.5. The predicted molar refractivity (Wildman–Crippen MR) is 93.2 cm³/mol. The number of aromatic nitrogens is 1. The number of pyridine rings is 1. The van der Waals surface area contributed by atoms with Crippen molar-refractivity contribution in [1.29, 1.82) is 0 Å². The highest BCUT2D eigenvalue weighted by Crippen LogP contribution is 2.20. The number of benzene rings is 1. The Kier molecular flexibility index (Phi) is 4.60. The number of likely N-dealkylation sites (tertiary alicyclic amines) is 1. The average Bonchev–Trinajstić information content (AvgIpc) is 2.59. The summed E-state index contributed by atoms with van der Waals surface area (Å²) in [5.74, 6) is 0.00380. The topological polar surface area (TPSA) is 53.2 Å². The smallest absolute Gasteiger partial charge is 0.255 e. The van der Waals surface area contributed by atoms with Crippen LogP contribution in [0.4, 0.5) is 0 Å². The van der Waals surface area contributed by atoms with E-state index in [1.807, 2.05) is 35.2 Å². The fourth-order valence-electron chi connectivity index (χ4n) is 3.26. The molecule has 0 saturated carbocycles. The molecule has 4 heteroatoms. The second-order valence-corrected chi connectivity index (χ2v) is 6.06. The van der Waals surface area contributed by atoms with Gasteiger partial charge < -0.3 is 9.88 Å². The number of carbonyl (C=O) groups is 1. The maximum Gasteiger partial charge on any atom is 0.255 e. The fourth-order valence-corrected chi connectivity index (χ4v) is 3.26. The largest absolute Gasteiger partial charge is 0.336 e. The minimum Gasteiger partial charge on any atom is -0.336 e. The molecule has 0 spiro atoms. The number of H-pyrrole nitrogens is 1. The third-order valence-electron chi connectivity index (χ3n) is 4.57. The summed E-state index contributed by atoms with van der Waals surface area (Å²) >= 11 is 0. The number of hydrogen-bond acceptors (Lipinski definition) is 2. The van der Waals surface area contributed by atoms with Crippen LogP contribution in [0.5, 0.6) is 0 Å². The van der Waals surface area contributed by atoms with E-state index in [0.29, 0.717) is 11.6 Å². The molecule has 2 aromatic rings. The highest BCUT2D eigenvalue weighted by Gasteiger charge is 2.23. The molecule has 1 aromatic heterocycles. The normalized spacial score (nSPS) is 18.7. The van der Waals surface area contributed by atoms with Crippen molar-refractivity contribution >= 4 is 22.9 Å². The molecular weight excluding hydrogens is 288 g/mol. The Hall–Kier alpha value is -2.36. The number of amides is 1. The van der Waals surface area contributed by atoms with Crippen molar-refractivity contribution < 1.29 is 4.79 Å². The maximum absolute atomic E-state index is 12.4. The lowest BCUT2D eigenvalue weighted by atomic mass is 10.00. The number of nitrogens with one attached hydrogen (secondary N) is 1. The first-order valence-electron chi connectivity index (χ1n) is 8.30. The van der Waals surface area contributed by atoms with E-state index in [4.69, 9.17) is 0 Å². The van der Waals surface area contributed by atoms with Gasteiger partial charge in [0.2, 0.25) is 5.91 Å². The maximum atomic E-state index is 12.4. The third-order valence-corrected chi connectivity index (χ3v) is 4.57. The summed E-state index contributed by atoms with van der Waals surface area (Å²) in [7, 11) is 0. The number of fused-ring (bicyclic) bond motifs is 1. The molecule has 0 radical (unpaired) electrons. The molecular formula is C19H22N2O2. The zero-order valence-electron chi connectivity index (χ0n) is 13.4. The standard InChI is InChI=1S/C19H22N2O2/c1-2-16-8-5-6-12-21(16)18(22)11-10-15-13-14-7-3-4-9-17(14)20-19(15)23/h3-4,7,9-11,13,16H,2,5-6,8,12H2,1H3,(H,20,23)/b11-10+. The Bertz CT molecular complexity index is 791. The zero-order valence-corrected chi connectivity index (χ0v) is 13.4. The van der Waals surface area contributed by atoms with Crippen LogP contribution >= 0.6 is 0 Å². The summed E-state index contributed by atoms with van der Waals surface area (Å²) in [5.41, 5.74) is 1.16. The van der Waals surface area contributed by atoms with Crippen LogP contribution < -0.4 is 5.56 Å². The molecule has 1 fully saturated rings. The molecule has 120 valence electrons. The van der Waals surface area contributed by atoms with Crippen LogP contribution in [0.2, 0.25) is 0 Å². The minimum absolute atomic E-state index is 0.00380. The Labute approximate surface area is 135 Å². The first-order valence-corrected chi connectivity index (χ1v) is 8.30. The van der Waals surface area contributed by atoms with E-state index < -0.39 is 0 Å². The quantitative estimate of drug-likeness (QED) is 0.884. The van der Waals surface area contributed by atoms with Gasteiger partial charge >= 0.3 is 0 Å². The summed E-state index contributed by atoms with van der Waals surface area (Å²) in [6.45, 7) is 2.93. The second kappa shape index (κ2) is 6.82. The summed E-state index contributed by atoms with van der Waals surface area (Å²) in [4.78, 5) is 29.3. The molecule has 1 aliphatic heterocycles. The van der Waals surface area contributed by atoms with E-state index in [-0.39, 0.29) is 11.5 Å². The SMILES string of the molecule is CCC1CCCCN1C(=O)/C=C/c1cc2ccccc2[nH]c1=O. The van der Waals surface area contributed by atoms with Gasteiger partial charge in [-0.25, -0.2) is 0 Å². The van der Waals surface area contributed by atoms with Gasteiger partial charge in [0.25, 0.3) is 5.56 Å². The van der Waals surface area contributed by atoms with Gasteiger partial charge in [-0.15, -0.1) is 0 Å². The Morgan fingerprint density at radius 1 is 1.35 bits per heavy atom. The van der Waals surface area contributed by atoms with Gasteiger partial charge in [-0.05, 0) is 49.3 Å². The molecule has 0 aliphatic carbocycles. The molecule has 0 bridgehead atoms. The molecule has 23 heavy (non-hydrogen) atoms. The van der Waals surface area contributed by atoms with Crippen LogP contribution in [-0.2, 0) is 4.79 Å². The summed E-state index contributed by atoms with van der Waals surface area (Å²) < 4.78 is 0. The number of hydrogen-bond donors (Lipinski definition) is 1. The van der Waals surface area contributed by atoms with Gasteiger partial charge in [0.1, 0.15) is 0 Å². The molecule has 1 unspecified atom stereocenters. The van der Waals surface area contributed by atoms with E-state index in [0.717, 1.165) is 36.7 Å². The van der Waals surface area contributed by atoms with Gasteiger partial charge in [-0.2, -0.15) is 0 Å². The van der Waals surface area contributed by atoms with Gasteiger partial charge in [-0.3, -0.25) is 9.59 Å². The van der Waals surface area contributed by atoms with Gasteiger partial charge in [-0.1, -0.05) is 25.1 Å². The molecule has 1 amide bonds. The highest BCUT2D eigenvalue weighted by atomic mass is 16.2. The first-order chi connectivity index (χ1) is 11.2. The van der Waals surface area contributed by atoms with Gasteiger partial charge in [0.05, 0.1) is 0 Å². The van der Waals surface area contributed by atoms with Crippen LogP contribution in [0, 0.1) is 0 Å². The number of carbonyl (C=O) groups excluding carboxylic acids is 1. The molecule has 1 aliphatic rings.